The van der Waals surface area contributed by atoms with Gasteiger partial charge >= 0.3 is 5.97 Å². The Bertz CT molecular complexity index is 897. The number of carbonyl (C=O) groups excluding carboxylic acids is 2. The maximum absolute atomic E-state index is 12.7. The number of amides is 1. The molecule has 0 spiro atoms. The molecule has 0 aliphatic heterocycles. The third-order valence-corrected chi connectivity index (χ3v) is 4.80. The maximum Gasteiger partial charge on any atom is 0.324 e. The fourth-order valence-electron chi connectivity index (χ4n) is 2.33. The van der Waals surface area contributed by atoms with Crippen molar-refractivity contribution in [2.24, 2.45) is 0 Å². The van der Waals surface area contributed by atoms with Crippen LogP contribution in [-0.2, 0) is 14.3 Å². The Labute approximate surface area is 160 Å². The van der Waals surface area contributed by atoms with Crippen LogP contribution in [0.25, 0.3) is 0 Å². The minimum atomic E-state index is -0.573. The number of ether oxygens (including phenoxy) is 1. The monoisotopic (exact) mass is 382 g/mol. The number of hydrogen-bond acceptors (Lipinski definition) is 6. The Kier molecular flexibility index (Phi) is 6.27. The molecule has 1 aromatic heterocycles. The average molecular weight is 382 g/mol. The van der Waals surface area contributed by atoms with Crippen molar-refractivity contribution in [2.75, 3.05) is 11.9 Å². The highest BCUT2D eigenvalue weighted by Gasteiger charge is 2.24. The fourth-order valence-corrected chi connectivity index (χ4v) is 3.38. The number of thioether (sulfide) groups is 1. The van der Waals surface area contributed by atoms with E-state index in [1.807, 2.05) is 60.7 Å². The molecule has 0 radical (unpaired) electrons. The van der Waals surface area contributed by atoms with Gasteiger partial charge in [-0.2, -0.15) is 0 Å². The second-order valence-electron chi connectivity index (χ2n) is 5.70. The normalized spacial score (nSPS) is 11.6. The molecule has 2 aromatic carbocycles. The number of nitrogens with one attached hydrogen (secondary N) is 1. The highest BCUT2D eigenvalue weighted by atomic mass is 32.2. The van der Waals surface area contributed by atoms with E-state index in [9.17, 15) is 9.59 Å². The van der Waals surface area contributed by atoms with Gasteiger partial charge in [-0.1, -0.05) is 53.7 Å². The molecular weight excluding hydrogens is 364 g/mol. The van der Waals surface area contributed by atoms with Crippen LogP contribution >= 0.6 is 11.8 Å². The molecule has 3 aromatic rings. The zero-order chi connectivity index (χ0) is 19.1. The molecule has 0 bridgehead atoms. The summed E-state index contributed by atoms with van der Waals surface area (Å²) in [4.78, 5) is 25.6. The molecule has 0 aliphatic carbocycles. The van der Waals surface area contributed by atoms with Gasteiger partial charge < -0.3 is 14.6 Å². The van der Waals surface area contributed by atoms with Crippen LogP contribution in [0.2, 0.25) is 0 Å². The molecule has 6 nitrogen and oxygen atoms in total. The lowest BCUT2D eigenvalue weighted by Crippen LogP contribution is -2.23. The second-order valence-corrected chi connectivity index (χ2v) is 6.88. The van der Waals surface area contributed by atoms with Gasteiger partial charge in [0.05, 0.1) is 0 Å². The lowest BCUT2D eigenvalue weighted by Gasteiger charge is -2.16. The highest BCUT2D eigenvalue weighted by molar-refractivity contribution is 8.00. The third kappa shape index (κ3) is 5.46. The summed E-state index contributed by atoms with van der Waals surface area (Å²) in [6, 6.07) is 20.5. The number of carbonyl (C=O) groups is 2. The van der Waals surface area contributed by atoms with Gasteiger partial charge in [0.15, 0.2) is 12.4 Å². The van der Waals surface area contributed by atoms with E-state index >= 15 is 0 Å². The molecule has 7 heteroatoms. The van der Waals surface area contributed by atoms with Crippen molar-refractivity contribution in [3.05, 3.63) is 78.1 Å². The van der Waals surface area contributed by atoms with Crippen molar-refractivity contribution in [2.45, 2.75) is 17.1 Å². The molecule has 1 atom stereocenters. The summed E-state index contributed by atoms with van der Waals surface area (Å²) in [7, 11) is 0. The average Bonchev–Trinajstić information content (AvgIpc) is 3.10. The molecule has 1 N–H and O–H groups in total. The van der Waals surface area contributed by atoms with Crippen molar-refractivity contribution in [1.29, 1.82) is 0 Å². The highest BCUT2D eigenvalue weighted by Crippen LogP contribution is 2.36. The molecule has 0 saturated carbocycles. The van der Waals surface area contributed by atoms with E-state index in [2.05, 4.69) is 10.5 Å². The van der Waals surface area contributed by atoms with E-state index in [1.54, 1.807) is 13.0 Å². The van der Waals surface area contributed by atoms with Crippen molar-refractivity contribution in [1.82, 2.24) is 5.16 Å². The van der Waals surface area contributed by atoms with E-state index in [0.717, 1.165) is 10.5 Å². The predicted octanol–water partition coefficient (Wildman–Crippen LogP) is 4.00. The number of anilines is 1. The largest absolute Gasteiger partial charge is 0.454 e. The maximum atomic E-state index is 12.7. The van der Waals surface area contributed by atoms with Crippen LogP contribution in [0.1, 0.15) is 16.6 Å². The van der Waals surface area contributed by atoms with Crippen molar-refractivity contribution in [3.63, 3.8) is 0 Å². The first-order valence-electron chi connectivity index (χ1n) is 8.28. The first-order chi connectivity index (χ1) is 13.1. The summed E-state index contributed by atoms with van der Waals surface area (Å²) in [5, 5.41) is 5.62. The van der Waals surface area contributed by atoms with Crippen LogP contribution in [-0.4, -0.2) is 23.6 Å². The summed E-state index contributed by atoms with van der Waals surface area (Å²) >= 11 is 1.38. The fraction of sp³-hybridized carbons (Fsp3) is 0.150. The number of aryl methyl sites for hydroxylation is 1. The Morgan fingerprint density at radius 2 is 1.78 bits per heavy atom. The zero-order valence-corrected chi connectivity index (χ0v) is 15.4. The Hall–Kier alpha value is -3.06. The molecule has 0 unspecified atom stereocenters. The van der Waals surface area contributed by atoms with Gasteiger partial charge in [-0.15, -0.1) is 11.8 Å². The smallest absolute Gasteiger partial charge is 0.324 e. The van der Waals surface area contributed by atoms with Gasteiger partial charge in [0.2, 0.25) is 0 Å². The van der Waals surface area contributed by atoms with Gasteiger partial charge in [-0.25, -0.2) is 0 Å². The molecule has 1 heterocycles. The quantitative estimate of drug-likeness (QED) is 0.491. The van der Waals surface area contributed by atoms with Crippen LogP contribution in [0.4, 0.5) is 5.82 Å². The SMILES string of the molecule is Cc1cc(NC(=O)COC(=O)[C@@H](Sc2ccccc2)c2ccccc2)no1. The molecule has 0 saturated heterocycles. The Morgan fingerprint density at radius 1 is 1.11 bits per heavy atom. The number of aromatic nitrogens is 1. The molecule has 138 valence electrons. The van der Waals surface area contributed by atoms with E-state index in [4.69, 9.17) is 9.26 Å². The lowest BCUT2D eigenvalue weighted by molar-refractivity contribution is -0.146. The van der Waals surface area contributed by atoms with E-state index in [0.29, 0.717) is 5.76 Å². The lowest BCUT2D eigenvalue weighted by atomic mass is 10.1. The zero-order valence-electron chi connectivity index (χ0n) is 14.6. The number of hydrogen-bond donors (Lipinski definition) is 1. The van der Waals surface area contributed by atoms with Gasteiger partial charge in [0.1, 0.15) is 11.0 Å². The van der Waals surface area contributed by atoms with Gasteiger partial charge in [0.25, 0.3) is 5.91 Å². The number of esters is 1. The Balaban J connectivity index is 1.64. The summed E-state index contributed by atoms with van der Waals surface area (Å²) in [6.45, 7) is 1.32. The number of rotatable bonds is 7. The third-order valence-electron chi connectivity index (χ3n) is 3.55. The van der Waals surface area contributed by atoms with Crippen LogP contribution in [0.15, 0.2) is 76.1 Å². The molecule has 27 heavy (non-hydrogen) atoms. The van der Waals surface area contributed by atoms with Crippen LogP contribution in [0.5, 0.6) is 0 Å². The van der Waals surface area contributed by atoms with E-state index in [1.165, 1.54) is 11.8 Å². The standard InChI is InChI=1S/C20H18N2O4S/c1-14-12-17(22-26-14)21-18(23)13-25-20(24)19(15-8-4-2-5-9-15)27-16-10-6-3-7-11-16/h2-12,19H,13H2,1H3,(H,21,22,23)/t19-/m0/s1. The van der Waals surface area contributed by atoms with Gasteiger partial charge in [0, 0.05) is 11.0 Å². The number of benzene rings is 2. The van der Waals surface area contributed by atoms with Gasteiger partial charge in [-0.3, -0.25) is 9.59 Å². The summed E-state index contributed by atoms with van der Waals surface area (Å²) < 4.78 is 10.1. The van der Waals surface area contributed by atoms with E-state index in [-0.39, 0.29) is 5.82 Å². The van der Waals surface area contributed by atoms with Crippen molar-refractivity contribution in [3.8, 4) is 0 Å². The Morgan fingerprint density at radius 3 is 2.41 bits per heavy atom. The minimum Gasteiger partial charge on any atom is -0.454 e. The van der Waals surface area contributed by atoms with Crippen LogP contribution < -0.4 is 5.32 Å². The minimum absolute atomic E-state index is 0.284. The molecule has 0 aliphatic rings. The summed E-state index contributed by atoms with van der Waals surface area (Å²) in [6.07, 6.45) is 0. The van der Waals surface area contributed by atoms with Crippen LogP contribution in [0, 0.1) is 6.92 Å². The first kappa shape index (κ1) is 18.7. The molecule has 1 amide bonds. The van der Waals surface area contributed by atoms with Crippen LogP contribution in [0.3, 0.4) is 0 Å². The van der Waals surface area contributed by atoms with Crippen molar-refractivity contribution < 1.29 is 18.8 Å². The molecule has 3 rings (SSSR count). The summed E-state index contributed by atoms with van der Waals surface area (Å²) in [5.74, 6) is -0.104. The predicted molar refractivity (Wildman–Crippen MR) is 102 cm³/mol. The number of nitrogens with zero attached hydrogens (tertiary/aromatic N) is 1. The summed E-state index contributed by atoms with van der Waals surface area (Å²) in [5.41, 5.74) is 0.809. The second kappa shape index (κ2) is 9.05. The topological polar surface area (TPSA) is 81.4 Å². The molecular formula is C20H18N2O4S. The van der Waals surface area contributed by atoms with Crippen molar-refractivity contribution >= 4 is 29.5 Å². The van der Waals surface area contributed by atoms with Gasteiger partial charge in [-0.05, 0) is 24.6 Å². The van der Waals surface area contributed by atoms with E-state index < -0.39 is 23.7 Å². The first-order valence-corrected chi connectivity index (χ1v) is 9.16. The molecule has 0 fully saturated rings.